The summed E-state index contributed by atoms with van der Waals surface area (Å²) in [5, 5.41) is 5.73. The van der Waals surface area contributed by atoms with E-state index in [2.05, 4.69) is 10.6 Å². The largest absolute Gasteiger partial charge is 0.416 e. The summed E-state index contributed by atoms with van der Waals surface area (Å²) in [5.74, 6) is 1.32. The van der Waals surface area contributed by atoms with Gasteiger partial charge in [0.2, 0.25) is 0 Å². The van der Waals surface area contributed by atoms with Gasteiger partial charge in [-0.05, 0) is 37.3 Å². The van der Waals surface area contributed by atoms with Crippen molar-refractivity contribution in [3.05, 3.63) is 29.3 Å². The summed E-state index contributed by atoms with van der Waals surface area (Å²) in [7, 11) is 0. The standard InChI is InChI=1S/C14H17F3N2OS/c1-2-18-12-4-3-9(14(15,16)17)7-11(12)13(20)19-10-5-6-21-8-10/h3-4,7,10,18H,2,5-6,8H2,1H3,(H,19,20). The molecule has 1 atom stereocenters. The summed E-state index contributed by atoms with van der Waals surface area (Å²) >= 11 is 1.73. The lowest BCUT2D eigenvalue weighted by Gasteiger charge is -2.16. The van der Waals surface area contributed by atoms with Crippen LogP contribution in [0.3, 0.4) is 0 Å². The molecule has 0 bridgehead atoms. The van der Waals surface area contributed by atoms with Gasteiger partial charge in [0.15, 0.2) is 0 Å². The van der Waals surface area contributed by atoms with Gasteiger partial charge in [0.25, 0.3) is 5.91 Å². The Hall–Kier alpha value is -1.37. The zero-order chi connectivity index (χ0) is 15.5. The van der Waals surface area contributed by atoms with Gasteiger partial charge in [-0.3, -0.25) is 4.79 Å². The minimum Gasteiger partial charge on any atom is -0.385 e. The minimum absolute atomic E-state index is 0.0338. The molecular weight excluding hydrogens is 301 g/mol. The van der Waals surface area contributed by atoms with Crippen molar-refractivity contribution >= 4 is 23.4 Å². The summed E-state index contributed by atoms with van der Waals surface area (Å²) in [6.45, 7) is 2.36. The predicted molar refractivity (Wildman–Crippen MR) is 78.8 cm³/mol. The highest BCUT2D eigenvalue weighted by Gasteiger charge is 2.32. The first-order valence-electron chi connectivity index (χ1n) is 6.75. The average molecular weight is 318 g/mol. The topological polar surface area (TPSA) is 41.1 Å². The number of thioether (sulfide) groups is 1. The fourth-order valence-corrected chi connectivity index (χ4v) is 3.32. The van der Waals surface area contributed by atoms with Crippen LogP contribution in [0.25, 0.3) is 0 Å². The van der Waals surface area contributed by atoms with Crippen molar-refractivity contribution in [2.24, 2.45) is 0 Å². The quantitative estimate of drug-likeness (QED) is 0.894. The van der Waals surface area contributed by atoms with Gasteiger partial charge in [-0.1, -0.05) is 0 Å². The van der Waals surface area contributed by atoms with E-state index in [-0.39, 0.29) is 11.6 Å². The molecule has 1 heterocycles. The number of halogens is 3. The van der Waals surface area contributed by atoms with Crippen LogP contribution in [0, 0.1) is 0 Å². The summed E-state index contributed by atoms with van der Waals surface area (Å²) < 4.78 is 38.4. The fourth-order valence-electron chi connectivity index (χ4n) is 2.16. The SMILES string of the molecule is CCNc1ccc(C(F)(F)F)cc1C(=O)NC1CCSC1. The second-order valence-corrected chi connectivity index (χ2v) is 5.97. The number of anilines is 1. The molecule has 2 N–H and O–H groups in total. The van der Waals surface area contributed by atoms with E-state index in [4.69, 9.17) is 0 Å². The molecule has 0 saturated carbocycles. The first-order valence-corrected chi connectivity index (χ1v) is 7.91. The highest BCUT2D eigenvalue weighted by molar-refractivity contribution is 7.99. The maximum atomic E-state index is 12.8. The fraction of sp³-hybridized carbons (Fsp3) is 0.500. The average Bonchev–Trinajstić information content (AvgIpc) is 2.91. The van der Waals surface area contributed by atoms with Crippen molar-refractivity contribution in [3.8, 4) is 0 Å². The van der Waals surface area contributed by atoms with Crippen molar-refractivity contribution in [1.82, 2.24) is 5.32 Å². The van der Waals surface area contributed by atoms with E-state index in [0.29, 0.717) is 12.2 Å². The number of benzene rings is 1. The first-order chi connectivity index (χ1) is 9.91. The molecule has 1 unspecified atom stereocenters. The molecule has 21 heavy (non-hydrogen) atoms. The molecule has 0 spiro atoms. The summed E-state index contributed by atoms with van der Waals surface area (Å²) in [6.07, 6.45) is -3.60. The third kappa shape index (κ3) is 4.06. The molecule has 0 radical (unpaired) electrons. The van der Waals surface area contributed by atoms with Gasteiger partial charge in [0.1, 0.15) is 0 Å². The van der Waals surface area contributed by atoms with E-state index >= 15 is 0 Å². The maximum Gasteiger partial charge on any atom is 0.416 e. The first kappa shape index (κ1) is 16.0. The number of alkyl halides is 3. The molecule has 1 aliphatic rings. The smallest absolute Gasteiger partial charge is 0.385 e. The van der Waals surface area contributed by atoms with Crippen molar-refractivity contribution in [1.29, 1.82) is 0 Å². The van der Waals surface area contributed by atoms with Crippen LogP contribution in [0.1, 0.15) is 29.3 Å². The van der Waals surface area contributed by atoms with Crippen molar-refractivity contribution in [2.75, 3.05) is 23.4 Å². The molecule has 3 nitrogen and oxygen atoms in total. The number of rotatable bonds is 4. The zero-order valence-electron chi connectivity index (χ0n) is 11.6. The third-order valence-corrected chi connectivity index (χ3v) is 4.39. The van der Waals surface area contributed by atoms with E-state index < -0.39 is 17.6 Å². The Morgan fingerprint density at radius 2 is 2.19 bits per heavy atom. The van der Waals surface area contributed by atoms with Crippen molar-refractivity contribution in [3.63, 3.8) is 0 Å². The highest BCUT2D eigenvalue weighted by Crippen LogP contribution is 2.32. The van der Waals surface area contributed by atoms with E-state index in [1.165, 1.54) is 6.07 Å². The van der Waals surface area contributed by atoms with Gasteiger partial charge >= 0.3 is 6.18 Å². The molecule has 1 aliphatic heterocycles. The Labute approximate surface area is 125 Å². The number of hydrogen-bond acceptors (Lipinski definition) is 3. The number of amides is 1. The highest BCUT2D eigenvalue weighted by atomic mass is 32.2. The number of carbonyl (C=O) groups excluding carboxylic acids is 1. The number of hydrogen-bond donors (Lipinski definition) is 2. The Bertz CT molecular complexity index is 513. The Morgan fingerprint density at radius 3 is 2.76 bits per heavy atom. The Kier molecular flexibility index (Phi) is 5.03. The molecule has 7 heteroatoms. The van der Waals surface area contributed by atoms with Gasteiger partial charge < -0.3 is 10.6 Å². The van der Waals surface area contributed by atoms with Crippen LogP contribution >= 0.6 is 11.8 Å². The van der Waals surface area contributed by atoms with E-state index in [9.17, 15) is 18.0 Å². The zero-order valence-corrected chi connectivity index (χ0v) is 12.4. The Balaban J connectivity index is 2.26. The van der Waals surface area contributed by atoms with Crippen LogP contribution in [-0.4, -0.2) is 30.0 Å². The molecule has 0 aromatic heterocycles. The molecule has 1 aromatic carbocycles. The molecular formula is C14H17F3N2OS. The van der Waals surface area contributed by atoms with E-state index in [1.54, 1.807) is 11.8 Å². The molecule has 116 valence electrons. The van der Waals surface area contributed by atoms with E-state index in [1.807, 2.05) is 6.92 Å². The van der Waals surface area contributed by atoms with E-state index in [0.717, 1.165) is 30.1 Å². The van der Waals surface area contributed by atoms with Crippen LogP contribution in [0.2, 0.25) is 0 Å². The third-order valence-electron chi connectivity index (χ3n) is 3.22. The monoisotopic (exact) mass is 318 g/mol. The van der Waals surface area contributed by atoms with Crippen LogP contribution < -0.4 is 10.6 Å². The van der Waals surface area contributed by atoms with Crippen molar-refractivity contribution < 1.29 is 18.0 Å². The van der Waals surface area contributed by atoms with Gasteiger partial charge in [0.05, 0.1) is 11.1 Å². The molecule has 2 rings (SSSR count). The summed E-state index contributed by atoms with van der Waals surface area (Å²) in [5.41, 5.74) is -0.340. The molecule has 1 fully saturated rings. The second-order valence-electron chi connectivity index (χ2n) is 4.82. The van der Waals surface area contributed by atoms with Crippen LogP contribution in [0.4, 0.5) is 18.9 Å². The second kappa shape index (κ2) is 6.60. The molecule has 1 amide bonds. The lowest BCUT2D eigenvalue weighted by molar-refractivity contribution is -0.137. The Morgan fingerprint density at radius 1 is 1.43 bits per heavy atom. The summed E-state index contributed by atoms with van der Waals surface area (Å²) in [4.78, 5) is 12.2. The maximum absolute atomic E-state index is 12.8. The van der Waals surface area contributed by atoms with Crippen molar-refractivity contribution in [2.45, 2.75) is 25.6 Å². The number of carbonyl (C=O) groups is 1. The van der Waals surface area contributed by atoms with Crippen LogP contribution in [0.5, 0.6) is 0 Å². The predicted octanol–water partition coefficient (Wildman–Crippen LogP) is 3.37. The summed E-state index contributed by atoms with van der Waals surface area (Å²) in [6, 6.07) is 3.24. The minimum atomic E-state index is -4.46. The molecule has 1 aromatic rings. The van der Waals surface area contributed by atoms with Gasteiger partial charge in [-0.15, -0.1) is 0 Å². The van der Waals surface area contributed by atoms with Gasteiger partial charge in [0, 0.05) is 24.0 Å². The van der Waals surface area contributed by atoms with Gasteiger partial charge in [-0.25, -0.2) is 0 Å². The molecule has 1 saturated heterocycles. The lowest BCUT2D eigenvalue weighted by atomic mass is 10.1. The van der Waals surface area contributed by atoms with Crippen LogP contribution in [-0.2, 0) is 6.18 Å². The lowest BCUT2D eigenvalue weighted by Crippen LogP contribution is -2.35. The normalized spacial score (nSPS) is 18.6. The van der Waals surface area contributed by atoms with Crippen LogP contribution in [0.15, 0.2) is 18.2 Å². The molecule has 0 aliphatic carbocycles. The van der Waals surface area contributed by atoms with Gasteiger partial charge in [-0.2, -0.15) is 24.9 Å². The number of nitrogens with one attached hydrogen (secondary N) is 2.